The van der Waals surface area contributed by atoms with Gasteiger partial charge in [-0.2, -0.15) is 0 Å². The molecule has 0 bridgehead atoms. The molecule has 0 saturated heterocycles. The molecular formula is C12H12FNO3S2. The summed E-state index contributed by atoms with van der Waals surface area (Å²) in [5.41, 5.74) is 0.927. The Morgan fingerprint density at radius 2 is 1.95 bits per heavy atom. The van der Waals surface area contributed by atoms with Crippen LogP contribution in [-0.2, 0) is 16.6 Å². The summed E-state index contributed by atoms with van der Waals surface area (Å²) >= 11 is 1.04. The molecular weight excluding hydrogens is 289 g/mol. The Hall–Kier alpha value is -1.44. The van der Waals surface area contributed by atoms with Crippen molar-refractivity contribution >= 4 is 27.0 Å². The largest absolute Gasteiger partial charge is 0.392 e. The first kappa shape index (κ1) is 14.0. The Balaban J connectivity index is 2.36. The van der Waals surface area contributed by atoms with E-state index >= 15 is 0 Å². The molecule has 0 aliphatic rings. The van der Waals surface area contributed by atoms with Crippen LogP contribution in [0.2, 0.25) is 0 Å². The topological polar surface area (TPSA) is 57.6 Å². The summed E-state index contributed by atoms with van der Waals surface area (Å²) in [6.07, 6.45) is 0. The van der Waals surface area contributed by atoms with Crippen molar-refractivity contribution in [2.45, 2.75) is 10.8 Å². The third kappa shape index (κ3) is 2.78. The first-order valence-corrected chi connectivity index (χ1v) is 7.70. The summed E-state index contributed by atoms with van der Waals surface area (Å²) in [4.78, 5) is 0. The summed E-state index contributed by atoms with van der Waals surface area (Å²) in [7, 11) is -2.27. The Morgan fingerprint density at radius 1 is 1.32 bits per heavy atom. The summed E-state index contributed by atoms with van der Waals surface area (Å²) in [6.45, 7) is -0.202. The second-order valence-corrected chi connectivity index (χ2v) is 6.99. The van der Waals surface area contributed by atoms with Gasteiger partial charge in [0.1, 0.15) is 10.0 Å². The van der Waals surface area contributed by atoms with Crippen LogP contribution in [-0.4, -0.2) is 20.6 Å². The van der Waals surface area contributed by atoms with Gasteiger partial charge >= 0.3 is 0 Å². The minimum absolute atomic E-state index is 0.142. The first-order valence-electron chi connectivity index (χ1n) is 5.38. The van der Waals surface area contributed by atoms with Gasteiger partial charge < -0.3 is 5.11 Å². The molecule has 0 spiro atoms. The monoisotopic (exact) mass is 301 g/mol. The molecule has 0 radical (unpaired) electrons. The second kappa shape index (κ2) is 5.28. The lowest BCUT2D eigenvalue weighted by Crippen LogP contribution is -2.25. The Labute approximate surface area is 114 Å². The highest BCUT2D eigenvalue weighted by Crippen LogP contribution is 2.27. The van der Waals surface area contributed by atoms with Crippen molar-refractivity contribution in [3.63, 3.8) is 0 Å². The number of thiophene rings is 1. The molecule has 0 amide bonds. The van der Waals surface area contributed by atoms with E-state index in [4.69, 9.17) is 5.11 Å². The molecule has 2 rings (SSSR count). The lowest BCUT2D eigenvalue weighted by molar-refractivity contribution is 0.282. The molecule has 19 heavy (non-hydrogen) atoms. The normalized spacial score (nSPS) is 11.5. The SMILES string of the molecule is CN(c1ccc(F)cc1)S(=O)(=O)c1cc(CO)cs1. The van der Waals surface area contributed by atoms with Crippen molar-refractivity contribution in [2.75, 3.05) is 11.4 Å². The number of halogens is 1. The van der Waals surface area contributed by atoms with Gasteiger partial charge in [-0.05, 0) is 41.3 Å². The molecule has 4 nitrogen and oxygen atoms in total. The summed E-state index contributed by atoms with van der Waals surface area (Å²) in [6, 6.07) is 6.63. The van der Waals surface area contributed by atoms with Gasteiger partial charge in [0.2, 0.25) is 0 Å². The van der Waals surface area contributed by atoms with Crippen LogP contribution in [0.25, 0.3) is 0 Å². The number of aliphatic hydroxyl groups is 1. The van der Waals surface area contributed by atoms with E-state index in [1.807, 2.05) is 0 Å². The van der Waals surface area contributed by atoms with Crippen molar-refractivity contribution < 1.29 is 17.9 Å². The number of benzene rings is 1. The van der Waals surface area contributed by atoms with Crippen molar-refractivity contribution in [3.8, 4) is 0 Å². The van der Waals surface area contributed by atoms with Gasteiger partial charge in [-0.1, -0.05) is 0 Å². The van der Waals surface area contributed by atoms with Gasteiger partial charge in [0, 0.05) is 7.05 Å². The summed E-state index contributed by atoms with van der Waals surface area (Å²) in [5.74, 6) is -0.423. The lowest BCUT2D eigenvalue weighted by Gasteiger charge is -2.18. The fourth-order valence-electron chi connectivity index (χ4n) is 1.50. The van der Waals surface area contributed by atoms with Gasteiger partial charge in [-0.3, -0.25) is 4.31 Å². The summed E-state index contributed by atoms with van der Waals surface area (Å²) < 4.78 is 38.7. The average Bonchev–Trinajstić information content (AvgIpc) is 2.88. The highest BCUT2D eigenvalue weighted by Gasteiger charge is 2.23. The summed E-state index contributed by atoms with van der Waals surface area (Å²) in [5, 5.41) is 10.5. The van der Waals surface area contributed by atoms with Crippen LogP contribution in [0.15, 0.2) is 39.9 Å². The highest BCUT2D eigenvalue weighted by molar-refractivity contribution is 7.94. The van der Waals surface area contributed by atoms with Crippen molar-refractivity contribution in [3.05, 3.63) is 47.1 Å². The molecule has 0 unspecified atom stereocenters. The van der Waals surface area contributed by atoms with Gasteiger partial charge in [-0.15, -0.1) is 11.3 Å². The zero-order valence-electron chi connectivity index (χ0n) is 10.1. The van der Waals surface area contributed by atoms with Crippen molar-refractivity contribution in [1.82, 2.24) is 0 Å². The molecule has 0 saturated carbocycles. The van der Waals surface area contributed by atoms with E-state index in [1.54, 1.807) is 5.38 Å². The second-order valence-electron chi connectivity index (χ2n) is 3.88. The number of aliphatic hydroxyl groups excluding tert-OH is 1. The van der Waals surface area contributed by atoms with E-state index < -0.39 is 15.8 Å². The van der Waals surface area contributed by atoms with Crippen LogP contribution < -0.4 is 4.31 Å². The van der Waals surface area contributed by atoms with Crippen LogP contribution >= 0.6 is 11.3 Å². The van der Waals surface area contributed by atoms with E-state index in [0.717, 1.165) is 15.6 Å². The molecule has 2 aromatic rings. The minimum Gasteiger partial charge on any atom is -0.392 e. The van der Waals surface area contributed by atoms with Crippen molar-refractivity contribution in [1.29, 1.82) is 0 Å². The quantitative estimate of drug-likeness (QED) is 0.942. The fraction of sp³-hybridized carbons (Fsp3) is 0.167. The molecule has 102 valence electrons. The number of hydrogen-bond donors (Lipinski definition) is 1. The molecule has 0 fully saturated rings. The maximum absolute atomic E-state index is 12.8. The number of anilines is 1. The zero-order valence-corrected chi connectivity index (χ0v) is 11.7. The Bertz CT molecular complexity index is 665. The number of sulfonamides is 1. The predicted octanol–water partition coefficient (Wildman–Crippen LogP) is 2.20. The molecule has 0 atom stereocenters. The van der Waals surface area contributed by atoms with Crippen LogP contribution in [0.5, 0.6) is 0 Å². The Morgan fingerprint density at radius 3 is 2.47 bits per heavy atom. The molecule has 0 aliphatic heterocycles. The fourth-order valence-corrected chi connectivity index (χ4v) is 4.06. The van der Waals surface area contributed by atoms with E-state index in [1.165, 1.54) is 37.4 Å². The molecule has 1 heterocycles. The number of rotatable bonds is 4. The number of nitrogens with zero attached hydrogens (tertiary/aromatic N) is 1. The molecule has 7 heteroatoms. The maximum atomic E-state index is 12.8. The maximum Gasteiger partial charge on any atom is 0.273 e. The average molecular weight is 301 g/mol. The minimum atomic E-state index is -3.68. The third-order valence-corrected chi connectivity index (χ3v) is 5.87. The Kier molecular flexibility index (Phi) is 3.88. The highest BCUT2D eigenvalue weighted by atomic mass is 32.2. The van der Waals surface area contributed by atoms with E-state index in [9.17, 15) is 12.8 Å². The van der Waals surface area contributed by atoms with Gasteiger partial charge in [0.05, 0.1) is 12.3 Å². The molecule has 1 N–H and O–H groups in total. The lowest BCUT2D eigenvalue weighted by atomic mass is 10.3. The third-order valence-electron chi connectivity index (χ3n) is 2.62. The van der Waals surface area contributed by atoms with Gasteiger partial charge in [0.25, 0.3) is 10.0 Å². The predicted molar refractivity (Wildman–Crippen MR) is 72.2 cm³/mol. The molecule has 0 aliphatic carbocycles. The van der Waals surface area contributed by atoms with Gasteiger partial charge in [0.15, 0.2) is 0 Å². The molecule has 1 aromatic heterocycles. The number of hydrogen-bond acceptors (Lipinski definition) is 4. The van der Waals surface area contributed by atoms with Crippen LogP contribution in [0.3, 0.4) is 0 Å². The van der Waals surface area contributed by atoms with E-state index in [-0.39, 0.29) is 10.8 Å². The molecule has 1 aromatic carbocycles. The van der Waals surface area contributed by atoms with Crippen molar-refractivity contribution in [2.24, 2.45) is 0 Å². The first-order chi connectivity index (χ1) is 8.95. The van der Waals surface area contributed by atoms with Crippen LogP contribution in [0.1, 0.15) is 5.56 Å². The van der Waals surface area contributed by atoms with Crippen LogP contribution in [0.4, 0.5) is 10.1 Å². The zero-order chi connectivity index (χ0) is 14.0. The van der Waals surface area contributed by atoms with Gasteiger partial charge in [-0.25, -0.2) is 12.8 Å². The van der Waals surface area contributed by atoms with E-state index in [2.05, 4.69) is 0 Å². The smallest absolute Gasteiger partial charge is 0.273 e. The van der Waals surface area contributed by atoms with E-state index in [0.29, 0.717) is 11.3 Å². The standard InChI is InChI=1S/C12H12FNO3S2/c1-14(11-4-2-10(13)3-5-11)19(16,17)12-6-9(7-15)8-18-12/h2-6,8,15H,7H2,1H3. The van der Waals surface area contributed by atoms with Crippen LogP contribution in [0, 0.1) is 5.82 Å².